The van der Waals surface area contributed by atoms with Gasteiger partial charge in [0, 0.05) is 17.1 Å². The molecule has 0 aliphatic heterocycles. The Morgan fingerprint density at radius 3 is 2.58 bits per heavy atom. The van der Waals surface area contributed by atoms with Gasteiger partial charge in [0.05, 0.1) is 0 Å². The first kappa shape index (κ1) is 13.4. The second kappa shape index (κ2) is 5.32. The fourth-order valence-corrected chi connectivity index (χ4v) is 1.75. The third-order valence-electron chi connectivity index (χ3n) is 2.48. The van der Waals surface area contributed by atoms with Gasteiger partial charge >= 0.3 is 5.97 Å². The van der Waals surface area contributed by atoms with Crippen molar-refractivity contribution < 1.29 is 9.53 Å². The zero-order chi connectivity index (χ0) is 14.0. The Balaban J connectivity index is 2.22. The van der Waals surface area contributed by atoms with Crippen LogP contribution in [0.3, 0.4) is 0 Å². The van der Waals surface area contributed by atoms with Gasteiger partial charge in [-0.05, 0) is 38.1 Å². The maximum absolute atomic E-state index is 12.1. The molecule has 5 nitrogen and oxygen atoms in total. The highest BCUT2D eigenvalue weighted by Gasteiger charge is 2.18. The first-order valence-electron chi connectivity index (χ1n) is 5.80. The Kier molecular flexibility index (Phi) is 3.76. The van der Waals surface area contributed by atoms with Crippen LogP contribution in [0.1, 0.15) is 30.4 Å². The van der Waals surface area contributed by atoms with Crippen LogP contribution in [-0.2, 0) is 0 Å². The highest BCUT2D eigenvalue weighted by molar-refractivity contribution is 6.30. The third kappa shape index (κ3) is 3.06. The van der Waals surface area contributed by atoms with Gasteiger partial charge in [-0.1, -0.05) is 11.6 Å². The standard InChI is InChI=1S/C13H14ClN3O2/c1-8(2)17-11(7-12(15)16-17)13(18)19-10-5-3-9(14)4-6-10/h3-8H,1-2H3,(H2,15,16). The number of nitrogen functional groups attached to an aromatic ring is 1. The quantitative estimate of drug-likeness (QED) is 0.693. The predicted octanol–water partition coefficient (Wildman–Crippen LogP) is 2.92. The average Bonchev–Trinajstić information content (AvgIpc) is 2.74. The number of halogens is 1. The number of rotatable bonds is 3. The summed E-state index contributed by atoms with van der Waals surface area (Å²) in [5.41, 5.74) is 5.93. The summed E-state index contributed by atoms with van der Waals surface area (Å²) in [6.45, 7) is 3.82. The number of nitrogens with two attached hydrogens (primary N) is 1. The van der Waals surface area contributed by atoms with Crippen LogP contribution in [0.25, 0.3) is 0 Å². The molecule has 1 aromatic heterocycles. The molecular weight excluding hydrogens is 266 g/mol. The van der Waals surface area contributed by atoms with E-state index in [4.69, 9.17) is 22.1 Å². The van der Waals surface area contributed by atoms with Gasteiger partial charge in [-0.2, -0.15) is 5.10 Å². The van der Waals surface area contributed by atoms with Crippen molar-refractivity contribution in [3.05, 3.63) is 41.0 Å². The summed E-state index contributed by atoms with van der Waals surface area (Å²) < 4.78 is 6.78. The van der Waals surface area contributed by atoms with Crippen LogP contribution in [0.15, 0.2) is 30.3 Å². The maximum atomic E-state index is 12.1. The van der Waals surface area contributed by atoms with Gasteiger partial charge in [0.2, 0.25) is 0 Å². The van der Waals surface area contributed by atoms with Gasteiger partial charge in [-0.25, -0.2) is 4.79 Å². The minimum absolute atomic E-state index is 0.0186. The van der Waals surface area contributed by atoms with E-state index in [0.717, 1.165) is 0 Å². The van der Waals surface area contributed by atoms with Crippen LogP contribution in [0.4, 0.5) is 5.82 Å². The molecule has 0 amide bonds. The van der Waals surface area contributed by atoms with E-state index in [-0.39, 0.29) is 11.9 Å². The maximum Gasteiger partial charge on any atom is 0.362 e. The fourth-order valence-electron chi connectivity index (χ4n) is 1.62. The average molecular weight is 280 g/mol. The summed E-state index contributed by atoms with van der Waals surface area (Å²) >= 11 is 5.76. The number of benzene rings is 1. The van der Waals surface area contributed by atoms with E-state index < -0.39 is 5.97 Å². The molecule has 100 valence electrons. The smallest absolute Gasteiger partial charge is 0.362 e. The Morgan fingerprint density at radius 2 is 2.00 bits per heavy atom. The second-order valence-electron chi connectivity index (χ2n) is 4.34. The summed E-state index contributed by atoms with van der Waals surface area (Å²) in [4.78, 5) is 12.1. The van der Waals surface area contributed by atoms with Gasteiger partial charge in [-0.3, -0.25) is 4.68 Å². The Hall–Kier alpha value is -2.01. The van der Waals surface area contributed by atoms with E-state index in [1.807, 2.05) is 13.8 Å². The monoisotopic (exact) mass is 279 g/mol. The molecule has 0 unspecified atom stereocenters. The molecule has 1 heterocycles. The van der Waals surface area contributed by atoms with Crippen LogP contribution < -0.4 is 10.5 Å². The molecule has 0 saturated heterocycles. The zero-order valence-corrected chi connectivity index (χ0v) is 11.4. The molecule has 0 atom stereocenters. The van der Waals surface area contributed by atoms with E-state index in [0.29, 0.717) is 16.5 Å². The number of anilines is 1. The SMILES string of the molecule is CC(C)n1nc(N)cc1C(=O)Oc1ccc(Cl)cc1. The molecule has 0 fully saturated rings. The van der Waals surface area contributed by atoms with Gasteiger partial charge in [-0.15, -0.1) is 0 Å². The molecule has 0 aliphatic rings. The second-order valence-corrected chi connectivity index (χ2v) is 4.77. The summed E-state index contributed by atoms with van der Waals surface area (Å²) in [7, 11) is 0. The van der Waals surface area contributed by atoms with Crippen LogP contribution in [-0.4, -0.2) is 15.7 Å². The fraction of sp³-hybridized carbons (Fsp3) is 0.231. The van der Waals surface area contributed by atoms with Crippen molar-refractivity contribution >= 4 is 23.4 Å². The molecular formula is C13H14ClN3O2. The summed E-state index contributed by atoms with van der Waals surface area (Å²) in [6.07, 6.45) is 0. The number of carbonyl (C=O) groups is 1. The highest BCUT2D eigenvalue weighted by atomic mass is 35.5. The molecule has 6 heteroatoms. The number of ether oxygens (including phenoxy) is 1. The van der Waals surface area contributed by atoms with E-state index >= 15 is 0 Å². The van der Waals surface area contributed by atoms with E-state index in [1.54, 1.807) is 24.3 Å². The number of carbonyl (C=O) groups excluding carboxylic acids is 1. The number of hydrogen-bond donors (Lipinski definition) is 1. The van der Waals surface area contributed by atoms with Gasteiger partial charge in [0.25, 0.3) is 0 Å². The lowest BCUT2D eigenvalue weighted by Crippen LogP contribution is -2.17. The van der Waals surface area contributed by atoms with Gasteiger partial charge in [0.1, 0.15) is 17.3 Å². The molecule has 1 aromatic carbocycles. The number of esters is 1. The Labute approximate surface area is 115 Å². The van der Waals surface area contributed by atoms with Crippen molar-refractivity contribution in [1.82, 2.24) is 9.78 Å². The number of hydrogen-bond acceptors (Lipinski definition) is 4. The van der Waals surface area contributed by atoms with E-state index in [2.05, 4.69) is 5.10 Å². The van der Waals surface area contributed by atoms with Crippen molar-refractivity contribution in [2.45, 2.75) is 19.9 Å². The lowest BCUT2D eigenvalue weighted by molar-refractivity contribution is 0.0719. The van der Waals surface area contributed by atoms with Crippen molar-refractivity contribution in [2.24, 2.45) is 0 Å². The van der Waals surface area contributed by atoms with Crippen molar-refractivity contribution in [1.29, 1.82) is 0 Å². The largest absolute Gasteiger partial charge is 0.422 e. The summed E-state index contributed by atoms with van der Waals surface area (Å²) in [5, 5.41) is 4.64. The third-order valence-corrected chi connectivity index (χ3v) is 2.73. The topological polar surface area (TPSA) is 70.1 Å². The molecule has 0 aliphatic carbocycles. The molecule has 2 rings (SSSR count). The number of aromatic nitrogens is 2. The molecule has 0 radical (unpaired) electrons. The summed E-state index contributed by atoms with van der Waals surface area (Å²) in [6, 6.07) is 8.07. The molecule has 0 saturated carbocycles. The normalized spacial score (nSPS) is 10.7. The molecule has 19 heavy (non-hydrogen) atoms. The van der Waals surface area contributed by atoms with Crippen LogP contribution in [0, 0.1) is 0 Å². The molecule has 2 N–H and O–H groups in total. The van der Waals surface area contributed by atoms with E-state index in [9.17, 15) is 4.79 Å². The number of nitrogens with zero attached hydrogens (tertiary/aromatic N) is 2. The van der Waals surface area contributed by atoms with Crippen LogP contribution in [0.5, 0.6) is 5.75 Å². The van der Waals surface area contributed by atoms with Gasteiger partial charge < -0.3 is 10.5 Å². The van der Waals surface area contributed by atoms with E-state index in [1.165, 1.54) is 10.7 Å². The molecule has 0 spiro atoms. The van der Waals surface area contributed by atoms with Gasteiger partial charge in [0.15, 0.2) is 0 Å². The summed E-state index contributed by atoms with van der Waals surface area (Å²) in [5.74, 6) is 0.210. The van der Waals surface area contributed by atoms with Crippen LogP contribution in [0.2, 0.25) is 5.02 Å². The zero-order valence-electron chi connectivity index (χ0n) is 10.6. The van der Waals surface area contributed by atoms with Crippen molar-refractivity contribution in [2.75, 3.05) is 5.73 Å². The Morgan fingerprint density at radius 1 is 1.37 bits per heavy atom. The van der Waals surface area contributed by atoms with Crippen LogP contribution >= 0.6 is 11.6 Å². The lowest BCUT2D eigenvalue weighted by atomic mass is 10.3. The lowest BCUT2D eigenvalue weighted by Gasteiger charge is -2.10. The molecule has 2 aromatic rings. The van der Waals surface area contributed by atoms with Crippen molar-refractivity contribution in [3.8, 4) is 5.75 Å². The molecule has 0 bridgehead atoms. The highest BCUT2D eigenvalue weighted by Crippen LogP contribution is 2.19. The minimum Gasteiger partial charge on any atom is -0.422 e. The minimum atomic E-state index is -0.500. The predicted molar refractivity (Wildman–Crippen MR) is 73.4 cm³/mol. The first-order valence-corrected chi connectivity index (χ1v) is 6.18. The Bertz CT molecular complexity index is 590. The first-order chi connectivity index (χ1) is 8.97. The van der Waals surface area contributed by atoms with Crippen molar-refractivity contribution in [3.63, 3.8) is 0 Å².